The van der Waals surface area contributed by atoms with E-state index in [1.54, 1.807) is 11.4 Å². The zero-order valence-electron chi connectivity index (χ0n) is 21.2. The van der Waals surface area contributed by atoms with E-state index in [0.29, 0.717) is 0 Å². The second-order valence-electron chi connectivity index (χ2n) is 9.59. The van der Waals surface area contributed by atoms with Crippen LogP contribution in [0.3, 0.4) is 0 Å². The molecule has 1 aliphatic rings. The van der Waals surface area contributed by atoms with Crippen molar-refractivity contribution in [1.29, 1.82) is 0 Å². The van der Waals surface area contributed by atoms with E-state index in [-0.39, 0.29) is 0 Å². The third-order valence-electron chi connectivity index (χ3n) is 6.61. The van der Waals surface area contributed by atoms with Crippen molar-refractivity contribution in [3.63, 3.8) is 0 Å². The molecule has 0 radical (unpaired) electrons. The molecule has 0 aliphatic carbocycles. The highest BCUT2D eigenvalue weighted by molar-refractivity contribution is 5.72. The Morgan fingerprint density at radius 2 is 0.903 bits per heavy atom. The van der Waals surface area contributed by atoms with Gasteiger partial charge in [0.1, 0.15) is 0 Å². The summed E-state index contributed by atoms with van der Waals surface area (Å²) in [5, 5.41) is 0. The summed E-state index contributed by atoms with van der Waals surface area (Å²) in [7, 11) is 0. The quantitative estimate of drug-likeness (QED) is 0.424. The van der Waals surface area contributed by atoms with Crippen molar-refractivity contribution in [3.05, 3.63) is 69.0 Å². The highest BCUT2D eigenvalue weighted by Crippen LogP contribution is 2.42. The molecule has 168 valence electrons. The lowest BCUT2D eigenvalue weighted by Crippen LogP contribution is -2.29. The number of aryl methyl sites for hydroxylation is 6. The monoisotopic (exact) mass is 418 g/mol. The normalized spacial score (nSPS) is 14.2. The average molecular weight is 419 g/mol. The number of hydrogen-bond donors (Lipinski definition) is 0. The Morgan fingerprint density at radius 1 is 0.581 bits per heavy atom. The molecule has 31 heavy (non-hydrogen) atoms. The molecule has 0 atom stereocenters. The van der Waals surface area contributed by atoms with Crippen LogP contribution in [0.15, 0.2) is 35.7 Å². The highest BCUT2D eigenvalue weighted by atomic mass is 15.4. The molecule has 1 heterocycles. The van der Waals surface area contributed by atoms with Crippen molar-refractivity contribution in [2.24, 2.45) is 0 Å². The number of allylic oxidation sites excluding steroid dienone is 2. The minimum absolute atomic E-state index is 0.924. The number of hydrogen-bond acceptors (Lipinski definition) is 2. The number of nitrogens with zero attached hydrogens (tertiary/aromatic N) is 2. The Kier molecular flexibility index (Phi) is 7.51. The van der Waals surface area contributed by atoms with Gasteiger partial charge in [-0.3, -0.25) is 0 Å². The van der Waals surface area contributed by atoms with Crippen LogP contribution in [0.25, 0.3) is 0 Å². The second-order valence-corrected chi connectivity index (χ2v) is 9.59. The summed E-state index contributed by atoms with van der Waals surface area (Å²) < 4.78 is 0. The molecule has 0 amide bonds. The smallest absolute Gasteiger partial charge is 0.0995 e. The van der Waals surface area contributed by atoms with Gasteiger partial charge in [0.05, 0.1) is 6.67 Å². The molecule has 3 rings (SSSR count). The molecule has 0 N–H and O–H groups in total. The third kappa shape index (κ3) is 4.84. The number of rotatable bonds is 8. The molecular weight excluding hydrogens is 376 g/mol. The van der Waals surface area contributed by atoms with Crippen molar-refractivity contribution in [2.75, 3.05) is 16.5 Å². The van der Waals surface area contributed by atoms with Gasteiger partial charge in [0.2, 0.25) is 0 Å². The molecule has 0 saturated heterocycles. The molecule has 0 bridgehead atoms. The van der Waals surface area contributed by atoms with Crippen LogP contribution in [-0.4, -0.2) is 6.67 Å². The first kappa shape index (κ1) is 23.4. The summed E-state index contributed by atoms with van der Waals surface area (Å²) in [5.41, 5.74) is 14.2. The topological polar surface area (TPSA) is 6.48 Å². The zero-order chi connectivity index (χ0) is 22.7. The van der Waals surface area contributed by atoms with E-state index in [9.17, 15) is 0 Å². The van der Waals surface area contributed by atoms with Gasteiger partial charge in [-0.15, -0.1) is 0 Å². The van der Waals surface area contributed by atoms with Crippen LogP contribution in [0, 0.1) is 41.5 Å². The fraction of sp³-hybridized carbons (Fsp3) is 0.517. The van der Waals surface area contributed by atoms with Crippen LogP contribution >= 0.6 is 0 Å². The number of anilines is 2. The maximum atomic E-state index is 2.64. The van der Waals surface area contributed by atoms with Crippen LogP contribution < -0.4 is 9.80 Å². The SMILES string of the molecule is CCCCC1=C(CCCC)N(c2c(C)cc(C)cc2C)CN1c1c(C)cc(C)cc1C. The Balaban J connectivity index is 2.19. The summed E-state index contributed by atoms with van der Waals surface area (Å²) in [6.07, 6.45) is 7.25. The molecule has 0 spiro atoms. The summed E-state index contributed by atoms with van der Waals surface area (Å²) in [4.78, 5) is 5.28. The van der Waals surface area contributed by atoms with E-state index in [2.05, 4.69) is 89.5 Å². The second kappa shape index (κ2) is 9.94. The van der Waals surface area contributed by atoms with Crippen molar-refractivity contribution >= 4 is 11.4 Å². The van der Waals surface area contributed by atoms with Crippen LogP contribution in [0.1, 0.15) is 85.8 Å². The summed E-state index contributed by atoms with van der Waals surface area (Å²) >= 11 is 0. The molecule has 0 unspecified atom stereocenters. The molecular formula is C29H42N2. The van der Waals surface area contributed by atoms with Crippen molar-refractivity contribution in [1.82, 2.24) is 0 Å². The molecule has 2 aromatic carbocycles. The average Bonchev–Trinajstić information content (AvgIpc) is 3.00. The summed E-state index contributed by atoms with van der Waals surface area (Å²) in [5.74, 6) is 0. The summed E-state index contributed by atoms with van der Waals surface area (Å²) in [6, 6.07) is 9.38. The Bertz CT molecular complexity index is 843. The predicted octanol–water partition coefficient (Wildman–Crippen LogP) is 8.41. The van der Waals surface area contributed by atoms with Crippen LogP contribution in [-0.2, 0) is 0 Å². The molecule has 2 heteroatoms. The number of unbranched alkanes of at least 4 members (excludes halogenated alkanes) is 2. The summed E-state index contributed by atoms with van der Waals surface area (Å²) in [6.45, 7) is 19.1. The molecule has 0 fully saturated rings. The van der Waals surface area contributed by atoms with E-state index in [1.807, 2.05) is 0 Å². The lowest BCUT2D eigenvalue weighted by molar-refractivity contribution is 0.743. The van der Waals surface area contributed by atoms with E-state index < -0.39 is 0 Å². The fourth-order valence-corrected chi connectivity index (χ4v) is 5.48. The zero-order valence-corrected chi connectivity index (χ0v) is 21.2. The van der Waals surface area contributed by atoms with Crippen molar-refractivity contribution < 1.29 is 0 Å². The van der Waals surface area contributed by atoms with Crippen LogP contribution in [0.5, 0.6) is 0 Å². The lowest BCUT2D eigenvalue weighted by Gasteiger charge is -2.29. The van der Waals surface area contributed by atoms with Gasteiger partial charge in [-0.1, -0.05) is 62.1 Å². The molecule has 0 saturated carbocycles. The van der Waals surface area contributed by atoms with Gasteiger partial charge < -0.3 is 9.80 Å². The third-order valence-corrected chi connectivity index (χ3v) is 6.61. The Labute approximate surface area is 191 Å². The van der Waals surface area contributed by atoms with Gasteiger partial charge in [0.25, 0.3) is 0 Å². The van der Waals surface area contributed by atoms with E-state index >= 15 is 0 Å². The van der Waals surface area contributed by atoms with Crippen molar-refractivity contribution in [2.45, 2.75) is 93.9 Å². The maximum Gasteiger partial charge on any atom is 0.0995 e. The van der Waals surface area contributed by atoms with Gasteiger partial charge in [-0.05, 0) is 89.5 Å². The molecule has 2 nitrogen and oxygen atoms in total. The van der Waals surface area contributed by atoms with Crippen LogP contribution in [0.4, 0.5) is 11.4 Å². The van der Waals surface area contributed by atoms with Gasteiger partial charge in [-0.2, -0.15) is 0 Å². The minimum Gasteiger partial charge on any atom is -0.324 e. The Hall–Kier alpha value is -2.22. The first-order chi connectivity index (χ1) is 14.8. The van der Waals surface area contributed by atoms with E-state index in [4.69, 9.17) is 0 Å². The fourth-order valence-electron chi connectivity index (χ4n) is 5.48. The lowest BCUT2D eigenvalue weighted by atomic mass is 10.0. The predicted molar refractivity (Wildman–Crippen MR) is 137 cm³/mol. The Morgan fingerprint density at radius 3 is 1.19 bits per heavy atom. The van der Waals surface area contributed by atoms with E-state index in [1.165, 1.54) is 70.4 Å². The molecule has 0 aromatic heterocycles. The number of benzene rings is 2. The minimum atomic E-state index is 0.924. The largest absolute Gasteiger partial charge is 0.324 e. The standard InChI is InChI=1S/C29H42N2/c1-9-11-13-26-27(14-12-10-2)31(29-24(7)17-21(4)18-25(29)8)19-30(26)28-22(5)15-20(3)16-23(28)6/h15-18H,9-14,19H2,1-8H3. The first-order valence-corrected chi connectivity index (χ1v) is 12.2. The first-order valence-electron chi connectivity index (χ1n) is 12.2. The molecule has 1 aliphatic heterocycles. The highest BCUT2D eigenvalue weighted by Gasteiger charge is 2.32. The van der Waals surface area contributed by atoms with Gasteiger partial charge in [0, 0.05) is 22.8 Å². The molecule has 2 aromatic rings. The van der Waals surface area contributed by atoms with Crippen molar-refractivity contribution in [3.8, 4) is 0 Å². The van der Waals surface area contributed by atoms with Gasteiger partial charge in [-0.25, -0.2) is 0 Å². The van der Waals surface area contributed by atoms with Gasteiger partial charge >= 0.3 is 0 Å². The van der Waals surface area contributed by atoms with E-state index in [0.717, 1.165) is 19.5 Å². The maximum absolute atomic E-state index is 2.64. The van der Waals surface area contributed by atoms with Gasteiger partial charge in [0.15, 0.2) is 0 Å². The van der Waals surface area contributed by atoms with Crippen LogP contribution in [0.2, 0.25) is 0 Å².